The second-order valence-electron chi connectivity index (χ2n) is 6.34. The third-order valence-electron chi connectivity index (χ3n) is 2.90. The van der Waals surface area contributed by atoms with Crippen molar-refractivity contribution in [1.29, 1.82) is 0 Å². The molecule has 0 aliphatic carbocycles. The van der Waals surface area contributed by atoms with Crippen LogP contribution in [0, 0.1) is 0 Å². The van der Waals surface area contributed by atoms with Gasteiger partial charge in [-0.25, -0.2) is 9.59 Å². The molecule has 0 spiro atoms. The first-order valence-electron chi connectivity index (χ1n) is 8.64. The molecule has 0 aromatic rings. The number of carboxylic acid groups (broad SMARTS) is 1. The largest absolute Gasteiger partial charge is 0.480 e. The standard InChI is InChI=1S/C16H30N2O5/c1-5-6-7-8-11-17-13(19)10-9-12(14(20)21)18-15(22)23-16(2,3)4/h12H,5-11H2,1-4H3,(H,17,19)(H,18,22)(H,20,21)/t12-/m0/s1/i1D. The lowest BCUT2D eigenvalue weighted by Gasteiger charge is -2.21. The first kappa shape index (κ1) is 19.3. The highest BCUT2D eigenvalue weighted by atomic mass is 16.6. The lowest BCUT2D eigenvalue weighted by molar-refractivity contribution is -0.139. The summed E-state index contributed by atoms with van der Waals surface area (Å²) in [6.07, 6.45) is 2.83. The van der Waals surface area contributed by atoms with Crippen molar-refractivity contribution < 1.29 is 25.6 Å². The summed E-state index contributed by atoms with van der Waals surface area (Å²) >= 11 is 0. The number of nitrogens with one attached hydrogen (secondary N) is 2. The Morgan fingerprint density at radius 2 is 1.91 bits per heavy atom. The summed E-state index contributed by atoms with van der Waals surface area (Å²) < 4.78 is 12.0. The van der Waals surface area contributed by atoms with Gasteiger partial charge in [0, 0.05) is 14.3 Å². The maximum absolute atomic E-state index is 11.7. The van der Waals surface area contributed by atoms with Crippen LogP contribution in [-0.2, 0) is 14.3 Å². The molecular weight excluding hydrogens is 300 g/mol. The summed E-state index contributed by atoms with van der Waals surface area (Å²) in [6, 6.07) is -1.16. The van der Waals surface area contributed by atoms with E-state index < -0.39 is 23.7 Å². The fourth-order valence-corrected chi connectivity index (χ4v) is 1.78. The van der Waals surface area contributed by atoms with Crippen molar-refractivity contribution >= 4 is 18.0 Å². The highest BCUT2D eigenvalue weighted by Gasteiger charge is 2.24. The highest BCUT2D eigenvalue weighted by Crippen LogP contribution is 2.08. The number of amides is 2. The van der Waals surface area contributed by atoms with Gasteiger partial charge in [0.15, 0.2) is 0 Å². The quantitative estimate of drug-likeness (QED) is 0.533. The lowest BCUT2D eigenvalue weighted by Crippen LogP contribution is -2.44. The maximum atomic E-state index is 11.7. The predicted octanol–water partition coefficient (Wildman–Crippen LogP) is 2.44. The topological polar surface area (TPSA) is 105 Å². The molecule has 0 aliphatic heterocycles. The Balaban J connectivity index is 4.05. The Morgan fingerprint density at radius 1 is 1.22 bits per heavy atom. The van der Waals surface area contributed by atoms with E-state index in [1.165, 1.54) is 0 Å². The average molecular weight is 331 g/mol. The smallest absolute Gasteiger partial charge is 0.408 e. The molecule has 2 amide bonds. The van der Waals surface area contributed by atoms with Crippen LogP contribution in [0.5, 0.6) is 0 Å². The van der Waals surface area contributed by atoms with Crippen molar-refractivity contribution in [2.75, 3.05) is 6.54 Å². The number of carbonyl (C=O) groups excluding carboxylic acids is 2. The van der Waals surface area contributed by atoms with Gasteiger partial charge in [0.25, 0.3) is 0 Å². The van der Waals surface area contributed by atoms with Crippen molar-refractivity contribution in [2.45, 2.75) is 77.8 Å². The Bertz CT molecular complexity index is 410. The lowest BCUT2D eigenvalue weighted by atomic mass is 10.1. The van der Waals surface area contributed by atoms with E-state index in [0.29, 0.717) is 13.4 Å². The van der Waals surface area contributed by atoms with E-state index in [1.54, 1.807) is 20.8 Å². The number of ether oxygens (including phenoxy) is 1. The van der Waals surface area contributed by atoms with Crippen LogP contribution in [0.3, 0.4) is 0 Å². The molecule has 0 unspecified atom stereocenters. The second kappa shape index (κ2) is 10.9. The van der Waals surface area contributed by atoms with Gasteiger partial charge in [-0.1, -0.05) is 26.2 Å². The van der Waals surface area contributed by atoms with Crippen LogP contribution in [0.1, 0.15) is 67.6 Å². The van der Waals surface area contributed by atoms with Gasteiger partial charge in [-0.2, -0.15) is 0 Å². The Hall–Kier alpha value is -1.79. The van der Waals surface area contributed by atoms with Crippen molar-refractivity contribution in [1.82, 2.24) is 10.6 Å². The molecule has 7 heteroatoms. The van der Waals surface area contributed by atoms with Crippen molar-refractivity contribution in [3.05, 3.63) is 0 Å². The zero-order chi connectivity index (χ0) is 18.6. The molecule has 0 bridgehead atoms. The molecule has 0 saturated carbocycles. The summed E-state index contributed by atoms with van der Waals surface area (Å²) in [5.74, 6) is -1.45. The molecule has 23 heavy (non-hydrogen) atoms. The summed E-state index contributed by atoms with van der Waals surface area (Å²) in [4.78, 5) is 34.5. The van der Waals surface area contributed by atoms with Crippen LogP contribution in [0.15, 0.2) is 0 Å². The Morgan fingerprint density at radius 3 is 2.48 bits per heavy atom. The summed E-state index contributed by atoms with van der Waals surface area (Å²) in [7, 11) is 0. The molecule has 1 atom stereocenters. The van der Waals surface area contributed by atoms with Gasteiger partial charge in [-0.3, -0.25) is 4.79 Å². The number of aliphatic carboxylic acids is 1. The maximum Gasteiger partial charge on any atom is 0.408 e. The molecule has 0 rings (SSSR count). The number of rotatable bonds is 10. The molecule has 0 radical (unpaired) electrons. The number of hydrogen-bond donors (Lipinski definition) is 3. The molecule has 0 fully saturated rings. The molecule has 0 aromatic carbocycles. The van der Waals surface area contributed by atoms with E-state index in [-0.39, 0.29) is 18.7 Å². The van der Waals surface area contributed by atoms with Gasteiger partial charge in [0.2, 0.25) is 5.91 Å². The van der Waals surface area contributed by atoms with E-state index >= 15 is 0 Å². The van der Waals surface area contributed by atoms with Crippen molar-refractivity contribution in [3.63, 3.8) is 0 Å². The van der Waals surface area contributed by atoms with Crippen molar-refractivity contribution in [3.8, 4) is 0 Å². The second-order valence-corrected chi connectivity index (χ2v) is 6.34. The fraction of sp³-hybridized carbons (Fsp3) is 0.812. The van der Waals surface area contributed by atoms with Crippen LogP contribution in [0.4, 0.5) is 4.79 Å². The summed E-state index contributed by atoms with van der Waals surface area (Å²) in [5.41, 5.74) is -0.718. The van der Waals surface area contributed by atoms with E-state index in [9.17, 15) is 14.4 Å². The third-order valence-corrected chi connectivity index (χ3v) is 2.90. The number of carbonyl (C=O) groups is 3. The molecule has 7 nitrogen and oxygen atoms in total. The monoisotopic (exact) mass is 331 g/mol. The SMILES string of the molecule is [2H]CCCCCCNC(=O)CC[C@H](NC(=O)OC(C)(C)C)C(=O)O. The van der Waals surface area contributed by atoms with Crippen molar-refractivity contribution in [2.24, 2.45) is 0 Å². The zero-order valence-electron chi connectivity index (χ0n) is 15.3. The summed E-state index contributed by atoms with van der Waals surface area (Å²) in [5, 5.41) is 14.1. The van der Waals surface area contributed by atoms with E-state index in [2.05, 4.69) is 10.6 Å². The Kier molecular flexibility index (Phi) is 9.09. The van der Waals surface area contributed by atoms with E-state index in [4.69, 9.17) is 11.2 Å². The van der Waals surface area contributed by atoms with Gasteiger partial charge in [-0.05, 0) is 33.6 Å². The molecule has 0 saturated heterocycles. The van der Waals surface area contributed by atoms with E-state index in [0.717, 1.165) is 25.7 Å². The zero-order valence-corrected chi connectivity index (χ0v) is 14.3. The van der Waals surface area contributed by atoms with E-state index in [1.807, 2.05) is 0 Å². The van der Waals surface area contributed by atoms with Gasteiger partial charge in [-0.15, -0.1) is 0 Å². The average Bonchev–Trinajstić information content (AvgIpc) is 2.44. The molecule has 0 heterocycles. The molecule has 3 N–H and O–H groups in total. The predicted molar refractivity (Wildman–Crippen MR) is 87.2 cm³/mol. The number of alkyl carbamates (subject to hydrolysis) is 1. The molecular formula is C16H30N2O5. The number of unbranched alkanes of at least 4 members (excludes halogenated alkanes) is 3. The molecule has 0 aliphatic rings. The fourth-order valence-electron chi connectivity index (χ4n) is 1.78. The van der Waals surface area contributed by atoms with Gasteiger partial charge in [0.05, 0.1) is 0 Å². The molecule has 134 valence electrons. The van der Waals surface area contributed by atoms with Crippen LogP contribution in [0.2, 0.25) is 0 Å². The molecule has 0 aromatic heterocycles. The van der Waals surface area contributed by atoms with Gasteiger partial charge >= 0.3 is 12.1 Å². The normalized spacial score (nSPS) is 12.9. The number of carboxylic acids is 1. The minimum atomic E-state index is -1.20. The van der Waals surface area contributed by atoms with Crippen LogP contribution >= 0.6 is 0 Å². The van der Waals surface area contributed by atoms with Crippen LogP contribution < -0.4 is 10.6 Å². The van der Waals surface area contributed by atoms with Crippen LogP contribution in [-0.4, -0.2) is 41.3 Å². The highest BCUT2D eigenvalue weighted by molar-refractivity contribution is 5.81. The first-order valence-corrected chi connectivity index (χ1v) is 7.94. The Labute approximate surface area is 139 Å². The van der Waals surface area contributed by atoms with Gasteiger partial charge < -0.3 is 20.5 Å². The first-order chi connectivity index (χ1) is 11.2. The van der Waals surface area contributed by atoms with Crippen LogP contribution in [0.25, 0.3) is 0 Å². The minimum absolute atomic E-state index is 0.000742. The summed E-state index contributed by atoms with van der Waals surface area (Å²) in [6.45, 7) is 6.00. The van der Waals surface area contributed by atoms with Gasteiger partial charge in [0.1, 0.15) is 11.6 Å². The number of hydrogen-bond acceptors (Lipinski definition) is 4. The third kappa shape index (κ3) is 12.4. The minimum Gasteiger partial charge on any atom is -0.480 e.